The number of carboxylic acids is 1. The third kappa shape index (κ3) is 2.69. The monoisotopic (exact) mass is 433 g/mol. The van der Waals surface area contributed by atoms with Crippen LogP contribution in [0, 0.1) is 11.3 Å². The van der Waals surface area contributed by atoms with Gasteiger partial charge in [-0.3, -0.25) is 10.2 Å². The fraction of sp³-hybridized carbons (Fsp3) is 0.292. The van der Waals surface area contributed by atoms with Gasteiger partial charge < -0.3 is 24.4 Å². The molecule has 32 heavy (non-hydrogen) atoms. The van der Waals surface area contributed by atoms with Crippen LogP contribution in [0.1, 0.15) is 24.5 Å². The number of β-lactam (4-membered cyclic amide) rings is 1. The molecule has 164 valence electrons. The summed E-state index contributed by atoms with van der Waals surface area (Å²) in [4.78, 5) is 27.7. The van der Waals surface area contributed by atoms with Crippen molar-refractivity contribution in [2.45, 2.75) is 25.5 Å². The molecule has 2 aliphatic rings. The van der Waals surface area contributed by atoms with Crippen LogP contribution in [-0.4, -0.2) is 64.0 Å². The van der Waals surface area contributed by atoms with Crippen LogP contribution in [0.4, 0.5) is 0 Å². The molecule has 1 fully saturated rings. The van der Waals surface area contributed by atoms with Crippen LogP contribution in [-0.2, 0) is 9.59 Å². The standard InChI is InChI=1S/C24H23N3O5/c1-11(28)19-17-10-14(20(24(30)31)27(17)23(19)29)12-8-15-13-6-4-5-7-18(13)32-21(15)16(9-12)22(25)26(2)3/h4-9,11,17,19,25,28H,10H2,1-3H3,(H,30,31)/t11-,17-,19-/m1/s1. The third-order valence-electron chi connectivity index (χ3n) is 6.46. The molecule has 0 saturated carbocycles. The van der Waals surface area contributed by atoms with E-state index in [2.05, 4.69) is 0 Å². The van der Waals surface area contributed by atoms with E-state index in [-0.39, 0.29) is 23.5 Å². The number of amides is 1. The van der Waals surface area contributed by atoms with Crippen LogP contribution >= 0.6 is 0 Å². The van der Waals surface area contributed by atoms with Gasteiger partial charge in [-0.15, -0.1) is 0 Å². The summed E-state index contributed by atoms with van der Waals surface area (Å²) in [6.07, 6.45) is -0.519. The van der Waals surface area contributed by atoms with E-state index in [0.717, 1.165) is 10.8 Å². The minimum absolute atomic E-state index is 0.0496. The van der Waals surface area contributed by atoms with E-state index in [1.54, 1.807) is 32.0 Å². The zero-order valence-corrected chi connectivity index (χ0v) is 17.9. The van der Waals surface area contributed by atoms with E-state index >= 15 is 0 Å². The third-order valence-corrected chi connectivity index (χ3v) is 6.46. The van der Waals surface area contributed by atoms with Gasteiger partial charge >= 0.3 is 5.97 Å². The van der Waals surface area contributed by atoms with Gasteiger partial charge in [0.15, 0.2) is 0 Å². The summed E-state index contributed by atoms with van der Waals surface area (Å²) in [6, 6.07) is 10.8. The maximum Gasteiger partial charge on any atom is 0.352 e. The van der Waals surface area contributed by atoms with Crippen molar-refractivity contribution in [1.29, 1.82) is 5.41 Å². The van der Waals surface area contributed by atoms with Crippen molar-refractivity contribution in [1.82, 2.24) is 9.80 Å². The van der Waals surface area contributed by atoms with E-state index < -0.39 is 18.0 Å². The van der Waals surface area contributed by atoms with E-state index in [1.165, 1.54) is 4.90 Å². The molecule has 3 aromatic rings. The lowest BCUT2D eigenvalue weighted by molar-refractivity contribution is -0.161. The Morgan fingerprint density at radius 3 is 2.62 bits per heavy atom. The maximum absolute atomic E-state index is 12.6. The second-order valence-corrected chi connectivity index (χ2v) is 8.62. The van der Waals surface area contributed by atoms with Crippen LogP contribution in [0.2, 0.25) is 0 Å². The number of hydrogen-bond acceptors (Lipinski definition) is 5. The molecule has 1 amide bonds. The number of carbonyl (C=O) groups is 2. The zero-order chi connectivity index (χ0) is 22.9. The Balaban J connectivity index is 1.76. The first-order valence-corrected chi connectivity index (χ1v) is 10.4. The highest BCUT2D eigenvalue weighted by molar-refractivity contribution is 6.15. The number of furan rings is 1. The van der Waals surface area contributed by atoms with Crippen LogP contribution in [0.25, 0.3) is 27.5 Å². The molecule has 8 heteroatoms. The molecule has 2 aromatic carbocycles. The maximum atomic E-state index is 12.6. The molecule has 8 nitrogen and oxygen atoms in total. The number of amidine groups is 1. The van der Waals surface area contributed by atoms with E-state index in [9.17, 15) is 19.8 Å². The summed E-state index contributed by atoms with van der Waals surface area (Å²) < 4.78 is 6.07. The Hall–Kier alpha value is -3.65. The summed E-state index contributed by atoms with van der Waals surface area (Å²) in [6.45, 7) is 1.55. The van der Waals surface area contributed by atoms with Gasteiger partial charge in [-0.1, -0.05) is 18.2 Å². The van der Waals surface area contributed by atoms with E-state index in [0.29, 0.717) is 34.3 Å². The first-order chi connectivity index (χ1) is 15.2. The number of carbonyl (C=O) groups excluding carboxylic acids is 1. The lowest BCUT2D eigenvalue weighted by Crippen LogP contribution is -2.61. The minimum atomic E-state index is -1.18. The van der Waals surface area contributed by atoms with Crippen LogP contribution in [0.15, 0.2) is 46.5 Å². The number of benzene rings is 2. The molecule has 0 bridgehead atoms. The number of para-hydroxylation sites is 1. The van der Waals surface area contributed by atoms with Gasteiger partial charge in [-0.25, -0.2) is 4.79 Å². The number of aliphatic hydroxyl groups excluding tert-OH is 1. The number of aliphatic carboxylic acids is 1. The van der Waals surface area contributed by atoms with Crippen LogP contribution in [0.3, 0.4) is 0 Å². The Kier molecular flexibility index (Phi) is 4.39. The quantitative estimate of drug-likeness (QED) is 0.331. The average molecular weight is 433 g/mol. The summed E-state index contributed by atoms with van der Waals surface area (Å²) >= 11 is 0. The molecular formula is C24H23N3O5. The fourth-order valence-corrected chi connectivity index (χ4v) is 4.95. The van der Waals surface area contributed by atoms with Crippen molar-refractivity contribution in [3.05, 3.63) is 53.2 Å². The molecule has 1 aromatic heterocycles. The number of fused-ring (bicyclic) bond motifs is 4. The van der Waals surface area contributed by atoms with Gasteiger partial charge in [0.2, 0.25) is 5.91 Å². The number of hydrogen-bond donors (Lipinski definition) is 3. The Morgan fingerprint density at radius 1 is 1.25 bits per heavy atom. The van der Waals surface area contributed by atoms with Gasteiger partial charge in [0.05, 0.1) is 23.6 Å². The Morgan fingerprint density at radius 2 is 1.97 bits per heavy atom. The Labute approximate surface area is 183 Å². The predicted molar refractivity (Wildman–Crippen MR) is 119 cm³/mol. The summed E-state index contributed by atoms with van der Waals surface area (Å²) in [7, 11) is 3.53. The number of rotatable bonds is 4. The SMILES string of the molecule is C[C@@H](O)[C@H]1C(=O)N2C(C(=O)O)=C(c3cc(C(=N)N(C)C)c4oc5ccccc5c4c3)C[C@H]12. The summed E-state index contributed by atoms with van der Waals surface area (Å²) in [5.41, 5.74) is 2.90. The lowest BCUT2D eigenvalue weighted by atomic mass is 9.82. The molecule has 2 aliphatic heterocycles. The molecule has 5 rings (SSSR count). The topological polar surface area (TPSA) is 118 Å². The summed E-state index contributed by atoms with van der Waals surface area (Å²) in [5, 5.41) is 30.2. The van der Waals surface area contributed by atoms with Crippen molar-refractivity contribution in [2.24, 2.45) is 5.92 Å². The van der Waals surface area contributed by atoms with Crippen molar-refractivity contribution in [3.63, 3.8) is 0 Å². The molecule has 0 spiro atoms. The molecule has 3 atom stereocenters. The highest BCUT2D eigenvalue weighted by Crippen LogP contribution is 2.48. The first-order valence-electron chi connectivity index (χ1n) is 10.4. The molecule has 1 saturated heterocycles. The minimum Gasteiger partial charge on any atom is -0.477 e. The van der Waals surface area contributed by atoms with Crippen molar-refractivity contribution in [3.8, 4) is 0 Å². The van der Waals surface area contributed by atoms with Crippen molar-refractivity contribution < 1.29 is 24.2 Å². The van der Waals surface area contributed by atoms with Gasteiger partial charge in [0.25, 0.3) is 0 Å². The van der Waals surface area contributed by atoms with E-state index in [4.69, 9.17) is 9.83 Å². The number of carboxylic acid groups (broad SMARTS) is 1. The van der Waals surface area contributed by atoms with Gasteiger partial charge in [0, 0.05) is 24.9 Å². The Bertz CT molecular complexity index is 1350. The highest BCUT2D eigenvalue weighted by Gasteiger charge is 2.56. The highest BCUT2D eigenvalue weighted by atomic mass is 16.4. The van der Waals surface area contributed by atoms with Gasteiger partial charge in [-0.2, -0.15) is 0 Å². The second kappa shape index (κ2) is 6.93. The zero-order valence-electron chi connectivity index (χ0n) is 17.9. The lowest BCUT2D eigenvalue weighted by Gasteiger charge is -2.44. The van der Waals surface area contributed by atoms with Crippen molar-refractivity contribution in [2.75, 3.05) is 14.1 Å². The molecule has 0 unspecified atom stereocenters. The van der Waals surface area contributed by atoms with Gasteiger partial charge in [0.1, 0.15) is 22.7 Å². The molecule has 0 aliphatic carbocycles. The number of nitrogens with zero attached hydrogens (tertiary/aromatic N) is 2. The molecule has 0 radical (unpaired) electrons. The second-order valence-electron chi connectivity index (χ2n) is 8.62. The summed E-state index contributed by atoms with van der Waals surface area (Å²) in [5.74, 6) is -1.93. The van der Waals surface area contributed by atoms with Crippen LogP contribution < -0.4 is 0 Å². The number of aliphatic hydroxyl groups is 1. The van der Waals surface area contributed by atoms with E-state index in [1.807, 2.05) is 30.3 Å². The average Bonchev–Trinajstić information content (AvgIpc) is 3.28. The fourth-order valence-electron chi connectivity index (χ4n) is 4.95. The smallest absolute Gasteiger partial charge is 0.352 e. The number of nitrogens with one attached hydrogen (secondary N) is 1. The van der Waals surface area contributed by atoms with Crippen molar-refractivity contribution >= 4 is 45.2 Å². The van der Waals surface area contributed by atoms with Gasteiger partial charge in [-0.05, 0) is 42.7 Å². The molecular weight excluding hydrogens is 410 g/mol. The molecule has 3 heterocycles. The predicted octanol–water partition coefficient (Wildman–Crippen LogP) is 2.88. The molecule has 3 N–H and O–H groups in total. The van der Waals surface area contributed by atoms with Crippen LogP contribution in [0.5, 0.6) is 0 Å². The first kappa shape index (κ1) is 20.3. The normalized spacial score (nSPS) is 21.1. The largest absolute Gasteiger partial charge is 0.477 e.